The summed E-state index contributed by atoms with van der Waals surface area (Å²) >= 11 is 0. The molecule has 3 rings (SSSR count). The molecule has 0 radical (unpaired) electrons. The maximum Gasteiger partial charge on any atom is 0.0443 e. The van der Waals surface area contributed by atoms with Gasteiger partial charge >= 0.3 is 0 Å². The van der Waals surface area contributed by atoms with Gasteiger partial charge in [0.05, 0.1) is 0 Å². The molecule has 20 heavy (non-hydrogen) atoms. The minimum atomic E-state index is 0.373. The zero-order valence-corrected chi connectivity index (χ0v) is 10.9. The van der Waals surface area contributed by atoms with E-state index in [2.05, 4.69) is 52.5 Å². The molecule has 0 bridgehead atoms. The Morgan fingerprint density at radius 1 is 0.950 bits per heavy atom. The summed E-state index contributed by atoms with van der Waals surface area (Å²) < 4.78 is 0. The fourth-order valence-electron chi connectivity index (χ4n) is 2.48. The van der Waals surface area contributed by atoms with Gasteiger partial charge in [-0.05, 0) is 38.7 Å². The minimum Gasteiger partial charge on any atom is -0.0899 e. The Morgan fingerprint density at radius 2 is 1.65 bits per heavy atom. The lowest BCUT2D eigenvalue weighted by Gasteiger charge is -2.07. The number of azide groups is 1. The quantitative estimate of drug-likeness (QED) is 0.264. The van der Waals surface area contributed by atoms with Crippen LogP contribution in [0, 0.1) is 0 Å². The third kappa shape index (κ3) is 2.22. The largest absolute Gasteiger partial charge is 0.0899 e. The summed E-state index contributed by atoms with van der Waals surface area (Å²) in [5.74, 6) is 0. The number of fused-ring (bicyclic) bond motifs is 3. The van der Waals surface area contributed by atoms with Crippen molar-refractivity contribution in [3.63, 3.8) is 0 Å². The van der Waals surface area contributed by atoms with Gasteiger partial charge in [0.2, 0.25) is 0 Å². The van der Waals surface area contributed by atoms with E-state index in [9.17, 15) is 0 Å². The first-order chi connectivity index (χ1) is 9.90. The van der Waals surface area contributed by atoms with Crippen LogP contribution in [0.3, 0.4) is 0 Å². The maximum atomic E-state index is 8.30. The van der Waals surface area contributed by atoms with Crippen molar-refractivity contribution in [1.82, 2.24) is 0 Å². The van der Waals surface area contributed by atoms with E-state index in [1.54, 1.807) is 0 Å². The highest BCUT2D eigenvalue weighted by Crippen LogP contribution is 2.29. The van der Waals surface area contributed by atoms with Crippen LogP contribution in [0.2, 0.25) is 0 Å². The number of hydrogen-bond acceptors (Lipinski definition) is 1. The molecule has 0 amide bonds. The van der Waals surface area contributed by atoms with Crippen molar-refractivity contribution in [3.05, 3.63) is 76.7 Å². The molecular weight excluding hydrogens is 246 g/mol. The number of hydrogen-bond donors (Lipinski definition) is 0. The van der Waals surface area contributed by atoms with Crippen molar-refractivity contribution < 1.29 is 0 Å². The molecular formula is C17H13N3. The van der Waals surface area contributed by atoms with Crippen LogP contribution in [0.25, 0.3) is 38.1 Å². The highest BCUT2D eigenvalue weighted by Gasteiger charge is 2.03. The average molecular weight is 259 g/mol. The molecule has 0 spiro atoms. The smallest absolute Gasteiger partial charge is 0.0443 e. The van der Waals surface area contributed by atoms with Crippen LogP contribution in [0.5, 0.6) is 0 Å². The Balaban J connectivity index is 2.23. The summed E-state index contributed by atoms with van der Waals surface area (Å²) in [4.78, 5) is 2.75. The van der Waals surface area contributed by atoms with Crippen molar-refractivity contribution in [2.45, 2.75) is 0 Å². The fraction of sp³-hybridized carbons (Fsp3) is 0.0588. The monoisotopic (exact) mass is 259 g/mol. The standard InChI is InChI=1S/C17H13N3/c18-20-19-11-5-7-14-12-13-6-1-2-8-15(13)17-10-4-3-9-16(14)17/h1-10,12H,11H2. The molecule has 0 saturated carbocycles. The summed E-state index contributed by atoms with van der Waals surface area (Å²) in [6.07, 6.45) is 3.90. The van der Waals surface area contributed by atoms with E-state index < -0.39 is 0 Å². The topological polar surface area (TPSA) is 48.8 Å². The van der Waals surface area contributed by atoms with E-state index in [4.69, 9.17) is 5.53 Å². The molecule has 3 nitrogen and oxygen atoms in total. The molecule has 0 atom stereocenters. The summed E-state index contributed by atoms with van der Waals surface area (Å²) in [5.41, 5.74) is 9.45. The molecule has 0 unspecified atom stereocenters. The highest BCUT2D eigenvalue weighted by atomic mass is 15.1. The molecule has 0 N–H and O–H groups in total. The molecule has 3 aromatic carbocycles. The fourth-order valence-corrected chi connectivity index (χ4v) is 2.48. The van der Waals surface area contributed by atoms with Crippen LogP contribution >= 0.6 is 0 Å². The van der Waals surface area contributed by atoms with Gasteiger partial charge in [0, 0.05) is 11.5 Å². The zero-order valence-electron chi connectivity index (χ0n) is 10.9. The van der Waals surface area contributed by atoms with Crippen LogP contribution in [0.15, 0.2) is 65.8 Å². The number of benzene rings is 3. The molecule has 96 valence electrons. The first kappa shape index (κ1) is 12.3. The predicted molar refractivity (Wildman–Crippen MR) is 84.5 cm³/mol. The van der Waals surface area contributed by atoms with Gasteiger partial charge in [0.25, 0.3) is 0 Å². The lowest BCUT2D eigenvalue weighted by atomic mass is 9.97. The normalized spacial score (nSPS) is 11.0. The molecule has 3 aromatic rings. The van der Waals surface area contributed by atoms with Crippen molar-refractivity contribution in [3.8, 4) is 0 Å². The second-order valence-electron chi connectivity index (χ2n) is 4.55. The van der Waals surface area contributed by atoms with Crippen LogP contribution in [-0.4, -0.2) is 6.54 Å². The van der Waals surface area contributed by atoms with Crippen LogP contribution in [-0.2, 0) is 0 Å². The molecule has 0 aromatic heterocycles. The molecule has 0 saturated heterocycles. The molecule has 3 heteroatoms. The van der Waals surface area contributed by atoms with Gasteiger partial charge in [-0.1, -0.05) is 65.8 Å². The Hall–Kier alpha value is -2.77. The predicted octanol–water partition coefficient (Wildman–Crippen LogP) is 5.32. The molecule has 0 heterocycles. The van der Waals surface area contributed by atoms with Crippen molar-refractivity contribution in [2.24, 2.45) is 5.11 Å². The Kier molecular flexibility index (Phi) is 3.36. The van der Waals surface area contributed by atoms with E-state index in [1.165, 1.54) is 21.5 Å². The third-order valence-corrected chi connectivity index (χ3v) is 3.35. The number of rotatable bonds is 3. The van der Waals surface area contributed by atoms with Crippen molar-refractivity contribution in [1.29, 1.82) is 0 Å². The van der Waals surface area contributed by atoms with Crippen molar-refractivity contribution in [2.75, 3.05) is 6.54 Å². The SMILES string of the molecule is [N-]=[N+]=NCC=Cc1cc2ccccc2c2ccccc12. The first-order valence-corrected chi connectivity index (χ1v) is 6.48. The Bertz CT molecular complexity index is 843. The number of nitrogens with zero attached hydrogens (tertiary/aromatic N) is 3. The lowest BCUT2D eigenvalue weighted by molar-refractivity contribution is 1.22. The van der Waals surface area contributed by atoms with E-state index in [0.29, 0.717) is 6.54 Å². The average Bonchev–Trinajstić information content (AvgIpc) is 2.51. The van der Waals surface area contributed by atoms with Gasteiger partial charge in [-0.2, -0.15) is 0 Å². The van der Waals surface area contributed by atoms with Gasteiger partial charge in [0.1, 0.15) is 0 Å². The third-order valence-electron chi connectivity index (χ3n) is 3.35. The summed E-state index contributed by atoms with van der Waals surface area (Å²) in [5, 5.41) is 8.46. The van der Waals surface area contributed by atoms with Gasteiger partial charge in [-0.25, -0.2) is 0 Å². The van der Waals surface area contributed by atoms with E-state index in [1.807, 2.05) is 24.3 Å². The first-order valence-electron chi connectivity index (χ1n) is 6.48. The van der Waals surface area contributed by atoms with Gasteiger partial charge < -0.3 is 0 Å². The van der Waals surface area contributed by atoms with Gasteiger partial charge in [-0.3, -0.25) is 0 Å². The second-order valence-corrected chi connectivity index (χ2v) is 4.55. The summed E-state index contributed by atoms with van der Waals surface area (Å²) in [7, 11) is 0. The highest BCUT2D eigenvalue weighted by molar-refractivity contribution is 6.10. The van der Waals surface area contributed by atoms with Crippen LogP contribution in [0.1, 0.15) is 5.56 Å². The molecule has 0 aliphatic rings. The van der Waals surface area contributed by atoms with E-state index in [-0.39, 0.29) is 0 Å². The Morgan fingerprint density at radius 3 is 2.45 bits per heavy atom. The van der Waals surface area contributed by atoms with E-state index >= 15 is 0 Å². The van der Waals surface area contributed by atoms with Gasteiger partial charge in [0.15, 0.2) is 0 Å². The second kappa shape index (κ2) is 5.47. The van der Waals surface area contributed by atoms with Crippen molar-refractivity contribution >= 4 is 27.6 Å². The molecule has 0 aliphatic heterocycles. The Labute approximate surface area is 116 Å². The van der Waals surface area contributed by atoms with E-state index in [0.717, 1.165) is 5.56 Å². The maximum absolute atomic E-state index is 8.30. The zero-order chi connectivity index (χ0) is 13.8. The summed E-state index contributed by atoms with van der Waals surface area (Å²) in [6.45, 7) is 0.373. The lowest BCUT2D eigenvalue weighted by Crippen LogP contribution is -1.82. The van der Waals surface area contributed by atoms with Gasteiger partial charge in [-0.15, -0.1) is 0 Å². The molecule has 0 fully saturated rings. The van der Waals surface area contributed by atoms with Crippen LogP contribution < -0.4 is 0 Å². The molecule has 0 aliphatic carbocycles. The summed E-state index contributed by atoms with van der Waals surface area (Å²) in [6, 6.07) is 18.9. The minimum absolute atomic E-state index is 0.373. The van der Waals surface area contributed by atoms with Crippen LogP contribution in [0.4, 0.5) is 0 Å².